The first-order valence-corrected chi connectivity index (χ1v) is 8.89. The molecule has 1 heterocycles. The van der Waals surface area contributed by atoms with Crippen molar-refractivity contribution in [1.82, 2.24) is 10.2 Å². The highest BCUT2D eigenvalue weighted by molar-refractivity contribution is 6.34. The molecule has 1 aliphatic heterocycles. The molecular formula is C17H23ClN4O4. The fourth-order valence-electron chi connectivity index (χ4n) is 2.95. The van der Waals surface area contributed by atoms with Gasteiger partial charge in [-0.25, -0.2) is 0 Å². The van der Waals surface area contributed by atoms with Gasteiger partial charge in [0.15, 0.2) is 0 Å². The van der Waals surface area contributed by atoms with Crippen molar-refractivity contribution < 1.29 is 14.5 Å². The van der Waals surface area contributed by atoms with Gasteiger partial charge in [-0.3, -0.25) is 24.6 Å². The van der Waals surface area contributed by atoms with Crippen LogP contribution in [-0.2, 0) is 9.59 Å². The molecule has 9 heteroatoms. The zero-order valence-corrected chi connectivity index (χ0v) is 15.6. The van der Waals surface area contributed by atoms with E-state index >= 15 is 0 Å². The van der Waals surface area contributed by atoms with Gasteiger partial charge in [0.05, 0.1) is 21.7 Å². The van der Waals surface area contributed by atoms with Crippen LogP contribution in [0.3, 0.4) is 0 Å². The van der Waals surface area contributed by atoms with E-state index < -0.39 is 4.92 Å². The molecule has 0 bridgehead atoms. The lowest BCUT2D eigenvalue weighted by Crippen LogP contribution is -2.47. The predicted octanol–water partition coefficient (Wildman–Crippen LogP) is 2.42. The van der Waals surface area contributed by atoms with Gasteiger partial charge >= 0.3 is 0 Å². The number of anilines is 1. The Bertz CT molecular complexity index is 689. The number of hydrogen-bond donors (Lipinski definition) is 2. The van der Waals surface area contributed by atoms with E-state index in [0.717, 1.165) is 25.9 Å². The van der Waals surface area contributed by atoms with Gasteiger partial charge in [-0.1, -0.05) is 11.6 Å². The molecule has 1 fully saturated rings. The minimum atomic E-state index is -0.536. The summed E-state index contributed by atoms with van der Waals surface area (Å²) in [7, 11) is 0. The Kier molecular flexibility index (Phi) is 6.93. The number of piperidine rings is 1. The summed E-state index contributed by atoms with van der Waals surface area (Å²) in [5.74, 6) is 0.191. The Labute approximate surface area is 157 Å². The van der Waals surface area contributed by atoms with E-state index in [-0.39, 0.29) is 28.6 Å². The maximum absolute atomic E-state index is 12.5. The number of halogens is 1. The number of nitrogens with one attached hydrogen (secondary N) is 2. The van der Waals surface area contributed by atoms with Crippen molar-refractivity contribution in [3.05, 3.63) is 33.3 Å². The van der Waals surface area contributed by atoms with Crippen LogP contribution in [0.1, 0.15) is 26.7 Å². The number of carbonyl (C=O) groups excluding carboxylic acids is 2. The molecule has 8 nitrogen and oxygen atoms in total. The largest absolute Gasteiger partial charge is 0.356 e. The van der Waals surface area contributed by atoms with Crippen LogP contribution in [0.2, 0.25) is 5.02 Å². The number of carbonyl (C=O) groups is 2. The maximum atomic E-state index is 12.5. The molecule has 0 aromatic heterocycles. The minimum Gasteiger partial charge on any atom is -0.356 e. The monoisotopic (exact) mass is 382 g/mol. The first kappa shape index (κ1) is 20.1. The zero-order valence-electron chi connectivity index (χ0n) is 14.8. The molecule has 0 aliphatic carbocycles. The smallest absolute Gasteiger partial charge is 0.271 e. The minimum absolute atomic E-state index is 0.0276. The van der Waals surface area contributed by atoms with Crippen LogP contribution in [0.5, 0.6) is 0 Å². The third-order valence-electron chi connectivity index (χ3n) is 4.64. The Morgan fingerprint density at radius 2 is 2.04 bits per heavy atom. The molecule has 1 atom stereocenters. The van der Waals surface area contributed by atoms with Crippen molar-refractivity contribution in [2.45, 2.75) is 32.7 Å². The van der Waals surface area contributed by atoms with Crippen LogP contribution in [0.4, 0.5) is 11.4 Å². The second kappa shape index (κ2) is 8.95. The third kappa shape index (κ3) is 5.40. The second-order valence-electron chi connectivity index (χ2n) is 6.50. The molecule has 1 aromatic carbocycles. The van der Waals surface area contributed by atoms with E-state index in [1.54, 1.807) is 0 Å². The molecule has 1 saturated heterocycles. The first-order chi connectivity index (χ1) is 12.3. The lowest BCUT2D eigenvalue weighted by Gasteiger charge is -2.35. The number of likely N-dealkylation sites (tertiary alicyclic amines) is 1. The summed E-state index contributed by atoms with van der Waals surface area (Å²) >= 11 is 6.02. The zero-order chi connectivity index (χ0) is 19.3. The Hall–Kier alpha value is -2.19. The van der Waals surface area contributed by atoms with Gasteiger partial charge in [-0.15, -0.1) is 0 Å². The number of hydrogen-bond acceptors (Lipinski definition) is 5. The van der Waals surface area contributed by atoms with E-state index in [1.807, 2.05) is 6.92 Å². The van der Waals surface area contributed by atoms with Crippen molar-refractivity contribution in [1.29, 1.82) is 0 Å². The van der Waals surface area contributed by atoms with E-state index in [4.69, 9.17) is 11.6 Å². The summed E-state index contributed by atoms with van der Waals surface area (Å²) in [6.07, 6.45) is 1.83. The molecule has 0 spiro atoms. The number of nitro benzene ring substituents is 1. The van der Waals surface area contributed by atoms with Crippen molar-refractivity contribution in [2.24, 2.45) is 5.92 Å². The Morgan fingerprint density at radius 1 is 1.38 bits per heavy atom. The van der Waals surface area contributed by atoms with Crippen LogP contribution in [0, 0.1) is 16.0 Å². The Balaban J connectivity index is 1.88. The summed E-state index contributed by atoms with van der Waals surface area (Å²) in [6, 6.07) is 3.61. The standard InChI is InChI=1S/C17H23ClN4O4/c1-11(21-7-5-13(6-8-21)10-19-12(2)23)17(24)20-16-4-3-14(22(25)26)9-15(16)18/h3-4,9,11,13H,5-8,10H2,1-2H3,(H,19,23)(H,20,24). The van der Waals surface area contributed by atoms with Crippen molar-refractivity contribution in [3.63, 3.8) is 0 Å². The van der Waals surface area contributed by atoms with Crippen molar-refractivity contribution in [3.8, 4) is 0 Å². The van der Waals surface area contributed by atoms with Crippen LogP contribution >= 0.6 is 11.6 Å². The van der Waals surface area contributed by atoms with Crippen LogP contribution in [-0.4, -0.2) is 47.3 Å². The number of rotatable bonds is 6. The molecular weight excluding hydrogens is 360 g/mol. The summed E-state index contributed by atoms with van der Waals surface area (Å²) in [5, 5.41) is 16.4. The fourth-order valence-corrected chi connectivity index (χ4v) is 3.18. The highest BCUT2D eigenvalue weighted by Crippen LogP contribution is 2.27. The number of nitro groups is 1. The molecule has 1 unspecified atom stereocenters. The number of benzene rings is 1. The van der Waals surface area contributed by atoms with Gasteiger partial charge in [-0.2, -0.15) is 0 Å². The molecule has 2 rings (SSSR count). The van der Waals surface area contributed by atoms with E-state index in [1.165, 1.54) is 25.1 Å². The van der Waals surface area contributed by atoms with Crippen LogP contribution in [0.25, 0.3) is 0 Å². The summed E-state index contributed by atoms with van der Waals surface area (Å²) < 4.78 is 0. The molecule has 2 amide bonds. The molecule has 0 radical (unpaired) electrons. The third-order valence-corrected chi connectivity index (χ3v) is 4.95. The normalized spacial score (nSPS) is 16.7. The Morgan fingerprint density at radius 3 is 2.58 bits per heavy atom. The summed E-state index contributed by atoms with van der Waals surface area (Å²) in [4.78, 5) is 35.7. The molecule has 0 saturated carbocycles. The van der Waals surface area contributed by atoms with Crippen molar-refractivity contribution in [2.75, 3.05) is 25.0 Å². The van der Waals surface area contributed by atoms with Gasteiger partial charge in [-0.05, 0) is 44.8 Å². The van der Waals surface area contributed by atoms with Gasteiger partial charge < -0.3 is 10.6 Å². The topological polar surface area (TPSA) is 105 Å². The lowest BCUT2D eigenvalue weighted by molar-refractivity contribution is -0.384. The number of amides is 2. The lowest BCUT2D eigenvalue weighted by atomic mass is 9.95. The molecule has 1 aliphatic rings. The maximum Gasteiger partial charge on any atom is 0.271 e. The second-order valence-corrected chi connectivity index (χ2v) is 6.91. The molecule has 142 valence electrons. The highest BCUT2D eigenvalue weighted by atomic mass is 35.5. The average molecular weight is 383 g/mol. The van der Waals surface area contributed by atoms with Gasteiger partial charge in [0.1, 0.15) is 0 Å². The fraction of sp³-hybridized carbons (Fsp3) is 0.529. The molecule has 2 N–H and O–H groups in total. The summed E-state index contributed by atoms with van der Waals surface area (Å²) in [5.41, 5.74) is 0.233. The molecule has 26 heavy (non-hydrogen) atoms. The quantitative estimate of drug-likeness (QED) is 0.580. The average Bonchev–Trinajstić information content (AvgIpc) is 2.61. The molecule has 1 aromatic rings. The van der Waals surface area contributed by atoms with Gasteiger partial charge in [0, 0.05) is 25.6 Å². The number of non-ortho nitro benzene ring substituents is 1. The number of nitrogens with zero attached hydrogens (tertiary/aromatic N) is 2. The van der Waals surface area contributed by atoms with E-state index in [9.17, 15) is 19.7 Å². The van der Waals surface area contributed by atoms with Crippen LogP contribution < -0.4 is 10.6 Å². The predicted molar refractivity (Wildman–Crippen MR) is 99.2 cm³/mol. The van der Waals surface area contributed by atoms with Crippen molar-refractivity contribution >= 4 is 34.8 Å². The van der Waals surface area contributed by atoms with Crippen LogP contribution in [0.15, 0.2) is 18.2 Å². The van der Waals surface area contributed by atoms with Gasteiger partial charge in [0.2, 0.25) is 11.8 Å². The summed E-state index contributed by atoms with van der Waals surface area (Å²) in [6.45, 7) is 5.54. The van der Waals surface area contributed by atoms with Gasteiger partial charge in [0.25, 0.3) is 5.69 Å². The first-order valence-electron chi connectivity index (χ1n) is 8.51. The highest BCUT2D eigenvalue weighted by Gasteiger charge is 2.27. The van der Waals surface area contributed by atoms with E-state index in [0.29, 0.717) is 18.2 Å². The SMILES string of the molecule is CC(=O)NCC1CCN(C(C)C(=O)Nc2ccc([N+](=O)[O-])cc2Cl)CC1. The van der Waals surface area contributed by atoms with E-state index in [2.05, 4.69) is 15.5 Å².